The van der Waals surface area contributed by atoms with E-state index in [1.807, 2.05) is 0 Å². The van der Waals surface area contributed by atoms with E-state index in [2.05, 4.69) is 75.8 Å². The first kappa shape index (κ1) is 22.8. The predicted octanol–water partition coefficient (Wildman–Crippen LogP) is 6.52. The van der Waals surface area contributed by atoms with Crippen LogP contribution in [-0.2, 0) is 9.16 Å². The van der Waals surface area contributed by atoms with Gasteiger partial charge in [-0.25, -0.2) is 0 Å². The first-order valence-corrected chi connectivity index (χ1v) is 16.2. The third-order valence-electron chi connectivity index (χ3n) is 10.3. The number of ether oxygens (including phenoxy) is 1. The number of allylic oxidation sites excluding steroid dienone is 1. The number of alkyl halides is 1. The number of hydrogen-bond donors (Lipinski definition) is 1. The number of rotatable bonds is 2. The summed E-state index contributed by atoms with van der Waals surface area (Å²) >= 11 is 3.87. The third-order valence-corrected chi connectivity index (χ3v) is 16.0. The minimum atomic E-state index is -1.83. The van der Waals surface area contributed by atoms with Crippen molar-refractivity contribution in [2.45, 2.75) is 120 Å². The summed E-state index contributed by atoms with van der Waals surface area (Å²) in [5.41, 5.74) is 2.16. The first-order valence-electron chi connectivity index (χ1n) is 12.4. The standard InChI is InChI=1S/C26H41BrO3Si/c1-16-19(27)15-25-12-13-26(30-25)17(14-18(25)22(16)28)10-11-24(5)20(26)8-9-21(24)29-31(6,7)23(2,3)4/h10,14,16,19-22,28H,8-9,11-13,15H2,1-7H3/t16-,19+,20-,21+,22+,24+,25-,26-/m1/s1. The Labute approximate surface area is 198 Å². The fourth-order valence-corrected chi connectivity index (χ4v) is 9.50. The molecular weight excluding hydrogens is 468 g/mol. The number of aliphatic hydroxyl groups excluding tert-OH is 1. The van der Waals surface area contributed by atoms with Crippen LogP contribution < -0.4 is 0 Å². The molecule has 5 rings (SSSR count). The van der Waals surface area contributed by atoms with Crippen LogP contribution in [0.1, 0.15) is 73.1 Å². The van der Waals surface area contributed by atoms with Gasteiger partial charge >= 0.3 is 0 Å². The quantitative estimate of drug-likeness (QED) is 0.341. The summed E-state index contributed by atoms with van der Waals surface area (Å²) < 4.78 is 14.3. The fraction of sp³-hybridized carbons (Fsp3) is 0.846. The smallest absolute Gasteiger partial charge is 0.192 e. The first-order chi connectivity index (χ1) is 14.3. The molecular formula is C26H41BrO3Si. The Kier molecular flexibility index (Phi) is 5.01. The average molecular weight is 510 g/mol. The normalized spacial score (nSPS) is 49.1. The van der Waals surface area contributed by atoms with Crippen molar-refractivity contribution in [2.24, 2.45) is 17.3 Å². The van der Waals surface area contributed by atoms with Gasteiger partial charge in [-0.3, -0.25) is 0 Å². The maximum atomic E-state index is 11.1. The molecule has 174 valence electrons. The molecule has 3 fully saturated rings. The Morgan fingerprint density at radius 1 is 1.23 bits per heavy atom. The van der Waals surface area contributed by atoms with Crippen LogP contribution in [0, 0.1) is 17.3 Å². The van der Waals surface area contributed by atoms with Gasteiger partial charge in [0.1, 0.15) is 0 Å². The largest absolute Gasteiger partial charge is 0.413 e. The predicted molar refractivity (Wildman–Crippen MR) is 132 cm³/mol. The highest BCUT2D eigenvalue weighted by Crippen LogP contribution is 2.67. The van der Waals surface area contributed by atoms with Crippen LogP contribution >= 0.6 is 15.9 Å². The average Bonchev–Trinajstić information content (AvgIpc) is 3.15. The molecule has 0 amide bonds. The van der Waals surface area contributed by atoms with E-state index in [1.54, 1.807) is 0 Å². The van der Waals surface area contributed by atoms with Gasteiger partial charge < -0.3 is 14.3 Å². The van der Waals surface area contributed by atoms with E-state index in [-0.39, 0.29) is 27.6 Å². The second-order valence-corrected chi connectivity index (χ2v) is 18.9. The van der Waals surface area contributed by atoms with E-state index in [4.69, 9.17) is 9.16 Å². The van der Waals surface area contributed by atoms with E-state index < -0.39 is 14.4 Å². The van der Waals surface area contributed by atoms with Gasteiger partial charge in [-0.2, -0.15) is 0 Å². The highest BCUT2D eigenvalue weighted by atomic mass is 79.9. The zero-order valence-electron chi connectivity index (χ0n) is 20.4. The van der Waals surface area contributed by atoms with Gasteiger partial charge in [-0.1, -0.05) is 62.7 Å². The summed E-state index contributed by atoms with van der Waals surface area (Å²) in [6, 6.07) is 0. The van der Waals surface area contributed by atoms with Crippen LogP contribution in [0.3, 0.4) is 0 Å². The molecule has 1 N–H and O–H groups in total. The van der Waals surface area contributed by atoms with Crippen molar-refractivity contribution in [3.05, 3.63) is 23.3 Å². The minimum absolute atomic E-state index is 0.129. The maximum Gasteiger partial charge on any atom is 0.192 e. The molecule has 2 bridgehead atoms. The van der Waals surface area contributed by atoms with E-state index >= 15 is 0 Å². The van der Waals surface area contributed by atoms with Crippen molar-refractivity contribution in [3.63, 3.8) is 0 Å². The van der Waals surface area contributed by atoms with Gasteiger partial charge in [0, 0.05) is 16.2 Å². The summed E-state index contributed by atoms with van der Waals surface area (Å²) in [6.45, 7) is 16.4. The van der Waals surface area contributed by atoms with E-state index in [0.717, 1.165) is 37.7 Å². The van der Waals surface area contributed by atoms with Crippen molar-refractivity contribution in [3.8, 4) is 0 Å². The second-order valence-electron chi connectivity index (χ2n) is 13.0. The molecule has 0 aromatic heterocycles. The number of hydrogen-bond acceptors (Lipinski definition) is 3. The van der Waals surface area contributed by atoms with Crippen LogP contribution in [0.4, 0.5) is 0 Å². The maximum absolute atomic E-state index is 11.1. The van der Waals surface area contributed by atoms with E-state index in [1.165, 1.54) is 12.0 Å². The van der Waals surface area contributed by atoms with Crippen molar-refractivity contribution in [2.75, 3.05) is 0 Å². The molecule has 31 heavy (non-hydrogen) atoms. The molecule has 5 aliphatic rings. The monoisotopic (exact) mass is 508 g/mol. The van der Waals surface area contributed by atoms with Gasteiger partial charge in [0.15, 0.2) is 8.32 Å². The zero-order chi connectivity index (χ0) is 22.6. The fourth-order valence-electron chi connectivity index (χ4n) is 7.24. The molecule has 5 heteroatoms. The molecule has 2 heterocycles. The third kappa shape index (κ3) is 2.98. The van der Waals surface area contributed by atoms with Crippen molar-refractivity contribution >= 4 is 24.2 Å². The summed E-state index contributed by atoms with van der Waals surface area (Å²) in [7, 11) is -1.83. The lowest BCUT2D eigenvalue weighted by atomic mass is 9.60. The van der Waals surface area contributed by atoms with Crippen LogP contribution in [0.15, 0.2) is 23.3 Å². The van der Waals surface area contributed by atoms with E-state index in [9.17, 15) is 5.11 Å². The Morgan fingerprint density at radius 3 is 2.61 bits per heavy atom. The Bertz CT molecular complexity index is 844. The second kappa shape index (κ2) is 6.81. The summed E-state index contributed by atoms with van der Waals surface area (Å²) in [5, 5.41) is 11.3. The molecule has 1 saturated heterocycles. The van der Waals surface area contributed by atoms with Gasteiger partial charge in [0.2, 0.25) is 0 Å². The molecule has 0 aromatic carbocycles. The Hall–Kier alpha value is 0.0569. The molecule has 3 aliphatic carbocycles. The highest BCUT2D eigenvalue weighted by molar-refractivity contribution is 9.09. The molecule has 0 unspecified atom stereocenters. The lowest BCUT2D eigenvalue weighted by Crippen LogP contribution is -2.58. The lowest BCUT2D eigenvalue weighted by Gasteiger charge is -2.55. The molecule has 8 atom stereocenters. The molecule has 3 nitrogen and oxygen atoms in total. The summed E-state index contributed by atoms with van der Waals surface area (Å²) in [4.78, 5) is 0.300. The topological polar surface area (TPSA) is 38.7 Å². The molecule has 0 aromatic rings. The van der Waals surface area contributed by atoms with Gasteiger partial charge in [0.05, 0.1) is 23.4 Å². The van der Waals surface area contributed by atoms with Crippen LogP contribution in [-0.4, -0.2) is 41.7 Å². The van der Waals surface area contributed by atoms with Crippen molar-refractivity contribution in [1.82, 2.24) is 0 Å². The minimum Gasteiger partial charge on any atom is -0.413 e. The van der Waals surface area contributed by atoms with Gasteiger partial charge in [-0.05, 0) is 73.7 Å². The van der Waals surface area contributed by atoms with Gasteiger partial charge in [0.25, 0.3) is 0 Å². The summed E-state index contributed by atoms with van der Waals surface area (Å²) in [5.74, 6) is 0.717. The van der Waals surface area contributed by atoms with Gasteiger partial charge in [-0.15, -0.1) is 0 Å². The SMILES string of the molecule is C[C@H]1[C@H](O)C2=CC3=CC[C@]4(C)[C@@H](O[Si](C)(C)C(C)(C)C)CC[C@H]4[C@@]34CC[C@]2(C[C@@H]1Br)O4. The number of aliphatic hydroxyl groups is 1. The number of fused-ring (bicyclic) bond motifs is 1. The molecule has 0 radical (unpaired) electrons. The summed E-state index contributed by atoms with van der Waals surface area (Å²) in [6.07, 6.45) is 11.2. The molecule has 2 aliphatic heterocycles. The Balaban J connectivity index is 1.51. The van der Waals surface area contributed by atoms with Crippen molar-refractivity contribution in [1.29, 1.82) is 0 Å². The van der Waals surface area contributed by atoms with E-state index in [0.29, 0.717) is 16.8 Å². The highest BCUT2D eigenvalue weighted by Gasteiger charge is 2.68. The van der Waals surface area contributed by atoms with Crippen LogP contribution in [0.25, 0.3) is 0 Å². The zero-order valence-corrected chi connectivity index (χ0v) is 23.0. The van der Waals surface area contributed by atoms with Crippen LogP contribution in [0.2, 0.25) is 18.1 Å². The Morgan fingerprint density at radius 2 is 1.94 bits per heavy atom. The van der Waals surface area contributed by atoms with Crippen molar-refractivity contribution < 1.29 is 14.3 Å². The molecule has 2 spiro atoms. The van der Waals surface area contributed by atoms with Crippen LogP contribution in [0.5, 0.6) is 0 Å². The molecule has 2 saturated carbocycles. The number of halogens is 1. The lowest BCUT2D eigenvalue weighted by molar-refractivity contribution is -0.149.